The van der Waals surface area contributed by atoms with E-state index in [1.807, 2.05) is 6.20 Å². The van der Waals surface area contributed by atoms with Crippen molar-refractivity contribution in [2.24, 2.45) is 7.05 Å². The van der Waals surface area contributed by atoms with E-state index >= 15 is 0 Å². The van der Waals surface area contributed by atoms with Crippen LogP contribution in [0.5, 0.6) is 5.75 Å². The molecule has 170 valence electrons. The Kier molecular flexibility index (Phi) is 7.23. The first kappa shape index (κ1) is 22.9. The van der Waals surface area contributed by atoms with Crippen LogP contribution in [0.25, 0.3) is 21.7 Å². The van der Waals surface area contributed by atoms with Crippen molar-refractivity contribution in [3.8, 4) is 17.3 Å². The Balaban J connectivity index is 0.00000245. The highest BCUT2D eigenvalue weighted by Gasteiger charge is 2.16. The van der Waals surface area contributed by atoms with Crippen LogP contribution in [0, 0.1) is 6.92 Å². The number of imidazole rings is 1. The molecule has 5 rings (SSSR count). The standard InChI is InChI=1S/C25H30N4OS.ClH/c1-18-17-27-25(23-16-24-22(28(23)2)11-15-31-24)29(18)14-3-4-19-5-7-20(8-6-19)30-21-9-12-26-13-10-21;/h5-8,11,15-17,21,26H,3-4,9-10,12-14H2,1-2H3;1H. The molecule has 4 aromatic rings. The highest BCUT2D eigenvalue weighted by Crippen LogP contribution is 2.30. The molecule has 0 bridgehead atoms. The van der Waals surface area contributed by atoms with Gasteiger partial charge in [-0.1, -0.05) is 12.1 Å². The van der Waals surface area contributed by atoms with E-state index < -0.39 is 0 Å². The van der Waals surface area contributed by atoms with Gasteiger partial charge >= 0.3 is 0 Å². The number of nitrogens with zero attached hydrogens (tertiary/aromatic N) is 3. The second-order valence-electron chi connectivity index (χ2n) is 8.45. The molecule has 1 saturated heterocycles. The van der Waals surface area contributed by atoms with E-state index in [0.29, 0.717) is 6.10 Å². The number of piperidine rings is 1. The van der Waals surface area contributed by atoms with Crippen molar-refractivity contribution in [3.05, 3.63) is 59.2 Å². The van der Waals surface area contributed by atoms with Gasteiger partial charge in [-0.2, -0.15) is 0 Å². The monoisotopic (exact) mass is 470 g/mol. The van der Waals surface area contributed by atoms with E-state index in [9.17, 15) is 0 Å². The first-order valence-electron chi connectivity index (χ1n) is 11.2. The maximum Gasteiger partial charge on any atom is 0.156 e. The minimum atomic E-state index is 0. The molecular weight excluding hydrogens is 440 g/mol. The Morgan fingerprint density at radius 2 is 1.94 bits per heavy atom. The molecule has 0 unspecified atom stereocenters. The van der Waals surface area contributed by atoms with Crippen LogP contribution in [-0.2, 0) is 20.0 Å². The van der Waals surface area contributed by atoms with Gasteiger partial charge in [0.05, 0.1) is 15.9 Å². The van der Waals surface area contributed by atoms with Crippen molar-refractivity contribution >= 4 is 34.0 Å². The van der Waals surface area contributed by atoms with Crippen LogP contribution >= 0.6 is 23.7 Å². The van der Waals surface area contributed by atoms with Gasteiger partial charge in [0, 0.05) is 25.5 Å². The lowest BCUT2D eigenvalue weighted by atomic mass is 10.1. The van der Waals surface area contributed by atoms with Crippen molar-refractivity contribution in [2.75, 3.05) is 13.1 Å². The van der Waals surface area contributed by atoms with E-state index in [1.165, 1.54) is 27.2 Å². The predicted octanol–water partition coefficient (Wildman–Crippen LogP) is 5.60. The van der Waals surface area contributed by atoms with Crippen LogP contribution < -0.4 is 10.1 Å². The number of ether oxygens (including phenoxy) is 1. The smallest absolute Gasteiger partial charge is 0.156 e. The molecular formula is C25H31ClN4OS. The molecule has 0 spiro atoms. The van der Waals surface area contributed by atoms with Crippen molar-refractivity contribution in [3.63, 3.8) is 0 Å². The summed E-state index contributed by atoms with van der Waals surface area (Å²) in [6.07, 6.45) is 6.65. The Morgan fingerprint density at radius 1 is 1.16 bits per heavy atom. The first-order valence-corrected chi connectivity index (χ1v) is 12.1. The Labute approximate surface area is 199 Å². The van der Waals surface area contributed by atoms with Gasteiger partial charge in [0.1, 0.15) is 11.9 Å². The number of hydrogen-bond donors (Lipinski definition) is 1. The quantitative estimate of drug-likeness (QED) is 0.382. The minimum Gasteiger partial charge on any atom is -0.490 e. The first-order chi connectivity index (χ1) is 15.2. The van der Waals surface area contributed by atoms with Crippen molar-refractivity contribution in [2.45, 2.75) is 45.3 Å². The van der Waals surface area contributed by atoms with Crippen LogP contribution in [0.1, 0.15) is 30.5 Å². The minimum absolute atomic E-state index is 0. The fourth-order valence-electron chi connectivity index (χ4n) is 4.49. The van der Waals surface area contributed by atoms with Gasteiger partial charge in [-0.25, -0.2) is 4.98 Å². The maximum absolute atomic E-state index is 6.13. The summed E-state index contributed by atoms with van der Waals surface area (Å²) in [7, 11) is 2.13. The normalized spacial score (nSPS) is 14.6. The average molecular weight is 471 g/mol. The lowest BCUT2D eigenvalue weighted by molar-refractivity contribution is 0.162. The van der Waals surface area contributed by atoms with Crippen molar-refractivity contribution < 1.29 is 4.74 Å². The third kappa shape index (κ3) is 4.72. The lowest BCUT2D eigenvalue weighted by Crippen LogP contribution is -2.34. The summed E-state index contributed by atoms with van der Waals surface area (Å²) in [6.45, 7) is 5.22. The fraction of sp³-hybridized carbons (Fsp3) is 0.400. The molecule has 1 aromatic carbocycles. The summed E-state index contributed by atoms with van der Waals surface area (Å²) in [4.78, 5) is 4.74. The molecule has 1 aliphatic heterocycles. The fourth-order valence-corrected chi connectivity index (χ4v) is 5.34. The molecule has 1 aliphatic rings. The maximum atomic E-state index is 6.13. The largest absolute Gasteiger partial charge is 0.490 e. The van der Waals surface area contributed by atoms with Crippen molar-refractivity contribution in [1.82, 2.24) is 19.4 Å². The molecule has 1 fully saturated rings. The highest BCUT2D eigenvalue weighted by atomic mass is 35.5. The predicted molar refractivity (Wildman–Crippen MR) is 135 cm³/mol. The van der Waals surface area contributed by atoms with Crippen LogP contribution in [0.4, 0.5) is 0 Å². The van der Waals surface area contributed by atoms with Gasteiger partial charge in [0.25, 0.3) is 0 Å². The van der Waals surface area contributed by atoms with Crippen LogP contribution in [0.3, 0.4) is 0 Å². The molecule has 5 nitrogen and oxygen atoms in total. The molecule has 0 radical (unpaired) electrons. The number of aryl methyl sites for hydroxylation is 3. The zero-order chi connectivity index (χ0) is 21.2. The van der Waals surface area contributed by atoms with Gasteiger partial charge < -0.3 is 19.2 Å². The van der Waals surface area contributed by atoms with E-state index in [4.69, 9.17) is 9.72 Å². The summed E-state index contributed by atoms with van der Waals surface area (Å²) in [6, 6.07) is 13.1. The number of fused-ring (bicyclic) bond motifs is 1. The van der Waals surface area contributed by atoms with Gasteiger partial charge in [0.15, 0.2) is 5.82 Å². The summed E-state index contributed by atoms with van der Waals surface area (Å²) < 4.78 is 12.1. The average Bonchev–Trinajstić information content (AvgIpc) is 3.47. The Morgan fingerprint density at radius 3 is 2.69 bits per heavy atom. The molecule has 0 atom stereocenters. The summed E-state index contributed by atoms with van der Waals surface area (Å²) in [5.41, 5.74) is 5.04. The molecule has 7 heteroatoms. The molecule has 32 heavy (non-hydrogen) atoms. The number of nitrogens with one attached hydrogen (secondary N) is 1. The molecule has 3 aromatic heterocycles. The van der Waals surface area contributed by atoms with Crippen molar-refractivity contribution in [1.29, 1.82) is 0 Å². The van der Waals surface area contributed by atoms with E-state index in [2.05, 4.69) is 70.2 Å². The third-order valence-corrected chi connectivity index (χ3v) is 7.16. The lowest BCUT2D eigenvalue weighted by Gasteiger charge is -2.23. The molecule has 0 saturated carbocycles. The number of hydrogen-bond acceptors (Lipinski definition) is 4. The van der Waals surface area contributed by atoms with Gasteiger partial charge in [-0.05, 0) is 80.9 Å². The Bertz CT molecular complexity index is 1150. The van der Waals surface area contributed by atoms with Gasteiger partial charge in [-0.3, -0.25) is 0 Å². The summed E-state index contributed by atoms with van der Waals surface area (Å²) in [5.74, 6) is 2.06. The van der Waals surface area contributed by atoms with Gasteiger partial charge in [0.2, 0.25) is 0 Å². The van der Waals surface area contributed by atoms with E-state index in [1.54, 1.807) is 11.3 Å². The Hall–Kier alpha value is -2.28. The topological polar surface area (TPSA) is 44.0 Å². The summed E-state index contributed by atoms with van der Waals surface area (Å²) >= 11 is 1.79. The third-order valence-electron chi connectivity index (χ3n) is 6.31. The zero-order valence-corrected chi connectivity index (χ0v) is 20.3. The molecule has 1 N–H and O–H groups in total. The number of aromatic nitrogens is 3. The second-order valence-corrected chi connectivity index (χ2v) is 9.40. The van der Waals surface area contributed by atoms with Crippen LogP contribution in [0.2, 0.25) is 0 Å². The van der Waals surface area contributed by atoms with E-state index in [-0.39, 0.29) is 12.4 Å². The zero-order valence-electron chi connectivity index (χ0n) is 18.7. The molecule has 4 heterocycles. The molecule has 0 aliphatic carbocycles. The molecule has 0 amide bonds. The van der Waals surface area contributed by atoms with Crippen LogP contribution in [-0.4, -0.2) is 33.3 Å². The van der Waals surface area contributed by atoms with Crippen LogP contribution in [0.15, 0.2) is 48.0 Å². The van der Waals surface area contributed by atoms with Gasteiger partial charge in [-0.15, -0.1) is 23.7 Å². The summed E-state index contributed by atoms with van der Waals surface area (Å²) in [5, 5.41) is 5.53. The number of halogens is 1. The number of rotatable bonds is 7. The number of benzene rings is 1. The van der Waals surface area contributed by atoms with E-state index in [0.717, 1.165) is 56.9 Å². The second kappa shape index (κ2) is 10.1. The SMILES string of the molecule is Cc1cnc(-c2cc3sccc3n2C)n1CCCc1ccc(OC2CCNCC2)cc1.Cl. The number of thiophene rings is 1. The highest BCUT2D eigenvalue weighted by molar-refractivity contribution is 7.17.